The number of aryl methyl sites for hydroxylation is 2. The van der Waals surface area contributed by atoms with Crippen LogP contribution in [0.1, 0.15) is 17.0 Å². The zero-order chi connectivity index (χ0) is 12.4. The average molecular weight is 229 g/mol. The molecule has 0 bridgehead atoms. The number of nitriles is 1. The summed E-state index contributed by atoms with van der Waals surface area (Å²) in [5.74, 6) is 1.10. The van der Waals surface area contributed by atoms with Crippen molar-refractivity contribution in [2.45, 2.75) is 13.8 Å². The van der Waals surface area contributed by atoms with Gasteiger partial charge in [0.15, 0.2) is 0 Å². The second-order valence-corrected chi connectivity index (χ2v) is 3.52. The van der Waals surface area contributed by atoms with Crippen LogP contribution in [-0.2, 0) is 0 Å². The van der Waals surface area contributed by atoms with E-state index in [1.807, 2.05) is 6.92 Å². The molecule has 0 saturated heterocycles. The van der Waals surface area contributed by atoms with Gasteiger partial charge in [0.1, 0.15) is 11.8 Å². The Morgan fingerprint density at radius 1 is 1.41 bits per heavy atom. The number of rotatable bonds is 2. The van der Waals surface area contributed by atoms with Gasteiger partial charge >= 0.3 is 0 Å². The Morgan fingerprint density at radius 2 is 2.18 bits per heavy atom. The summed E-state index contributed by atoms with van der Waals surface area (Å²) in [6, 6.07) is 2.07. The molecule has 86 valence electrons. The van der Waals surface area contributed by atoms with E-state index in [1.165, 1.54) is 6.20 Å². The first-order valence-electron chi connectivity index (χ1n) is 5.05. The fourth-order valence-electron chi connectivity index (χ4n) is 1.60. The lowest BCUT2D eigenvalue weighted by molar-refractivity contribution is 0.393. The van der Waals surface area contributed by atoms with Gasteiger partial charge < -0.3 is 9.84 Å². The van der Waals surface area contributed by atoms with Crippen molar-refractivity contribution in [3.63, 3.8) is 0 Å². The third-order valence-electron chi connectivity index (χ3n) is 2.40. The maximum Gasteiger partial charge on any atom is 0.223 e. The van der Waals surface area contributed by atoms with Gasteiger partial charge in [0.05, 0.1) is 28.7 Å². The van der Waals surface area contributed by atoms with E-state index in [2.05, 4.69) is 26.5 Å². The van der Waals surface area contributed by atoms with Crippen LogP contribution in [0.4, 0.5) is 5.95 Å². The van der Waals surface area contributed by atoms with Crippen molar-refractivity contribution in [2.75, 3.05) is 12.4 Å². The molecule has 17 heavy (non-hydrogen) atoms. The number of hydrogen-bond acceptors (Lipinski definition) is 6. The van der Waals surface area contributed by atoms with E-state index in [-0.39, 0.29) is 0 Å². The van der Waals surface area contributed by atoms with Gasteiger partial charge in [-0.25, -0.2) is 9.97 Å². The molecule has 2 rings (SSSR count). The van der Waals surface area contributed by atoms with Crippen molar-refractivity contribution in [2.24, 2.45) is 0 Å². The standard InChI is InChI=1S/C11H11N5O/c1-6-9(7(2)17-16-6)10-8(4-12)5-14-11(13-3)15-10/h5H,1-3H3,(H,13,14,15). The highest BCUT2D eigenvalue weighted by Crippen LogP contribution is 2.28. The fraction of sp³-hybridized carbons (Fsp3) is 0.273. The molecule has 0 atom stereocenters. The van der Waals surface area contributed by atoms with E-state index in [9.17, 15) is 0 Å². The normalized spacial score (nSPS) is 10.0. The maximum absolute atomic E-state index is 9.06. The number of nitrogens with one attached hydrogen (secondary N) is 1. The molecule has 0 aliphatic carbocycles. The van der Waals surface area contributed by atoms with Crippen LogP contribution in [0.5, 0.6) is 0 Å². The van der Waals surface area contributed by atoms with E-state index in [1.54, 1.807) is 14.0 Å². The average Bonchev–Trinajstić information content (AvgIpc) is 2.68. The summed E-state index contributed by atoms with van der Waals surface area (Å²) in [7, 11) is 1.72. The highest BCUT2D eigenvalue weighted by molar-refractivity contribution is 5.70. The van der Waals surface area contributed by atoms with Crippen molar-refractivity contribution in [1.29, 1.82) is 5.26 Å². The van der Waals surface area contributed by atoms with Crippen molar-refractivity contribution >= 4 is 5.95 Å². The van der Waals surface area contributed by atoms with E-state index in [4.69, 9.17) is 9.78 Å². The van der Waals surface area contributed by atoms with Gasteiger partial charge in [-0.15, -0.1) is 0 Å². The second-order valence-electron chi connectivity index (χ2n) is 3.52. The minimum atomic E-state index is 0.401. The quantitative estimate of drug-likeness (QED) is 0.842. The molecular formula is C11H11N5O. The van der Waals surface area contributed by atoms with Gasteiger partial charge in [0.2, 0.25) is 5.95 Å². The molecule has 0 aromatic carbocycles. The number of hydrogen-bond donors (Lipinski definition) is 1. The number of aromatic nitrogens is 3. The van der Waals surface area contributed by atoms with Crippen molar-refractivity contribution in [1.82, 2.24) is 15.1 Å². The lowest BCUT2D eigenvalue weighted by Gasteiger charge is -2.04. The van der Waals surface area contributed by atoms with Crippen LogP contribution in [0.3, 0.4) is 0 Å². The summed E-state index contributed by atoms with van der Waals surface area (Å²) < 4.78 is 5.08. The molecule has 0 fully saturated rings. The molecule has 0 saturated carbocycles. The monoisotopic (exact) mass is 229 g/mol. The van der Waals surface area contributed by atoms with E-state index < -0.39 is 0 Å². The number of anilines is 1. The van der Waals surface area contributed by atoms with Crippen LogP contribution in [0.25, 0.3) is 11.3 Å². The van der Waals surface area contributed by atoms with Crippen LogP contribution >= 0.6 is 0 Å². The molecule has 0 radical (unpaired) electrons. The Bertz CT molecular complexity index is 577. The minimum absolute atomic E-state index is 0.401. The molecule has 2 aromatic rings. The summed E-state index contributed by atoms with van der Waals surface area (Å²) >= 11 is 0. The maximum atomic E-state index is 9.06. The Balaban J connectivity index is 2.69. The fourth-order valence-corrected chi connectivity index (χ4v) is 1.60. The molecule has 0 aliphatic heterocycles. The topological polar surface area (TPSA) is 87.6 Å². The molecular weight excluding hydrogens is 218 g/mol. The van der Waals surface area contributed by atoms with Gasteiger partial charge in [-0.3, -0.25) is 0 Å². The molecule has 6 heteroatoms. The van der Waals surface area contributed by atoms with Crippen molar-refractivity contribution in [3.05, 3.63) is 23.2 Å². The Morgan fingerprint density at radius 3 is 2.71 bits per heavy atom. The van der Waals surface area contributed by atoms with Gasteiger partial charge in [0, 0.05) is 7.05 Å². The molecule has 0 unspecified atom stereocenters. The summed E-state index contributed by atoms with van der Waals surface area (Å²) in [4.78, 5) is 8.28. The molecule has 6 nitrogen and oxygen atoms in total. The Labute approximate surface area is 98.3 Å². The molecule has 2 aromatic heterocycles. The van der Waals surface area contributed by atoms with Crippen LogP contribution in [0.2, 0.25) is 0 Å². The van der Waals surface area contributed by atoms with Crippen LogP contribution < -0.4 is 5.32 Å². The zero-order valence-electron chi connectivity index (χ0n) is 9.77. The van der Waals surface area contributed by atoms with Gasteiger partial charge in [-0.1, -0.05) is 5.16 Å². The summed E-state index contributed by atoms with van der Waals surface area (Å²) in [5.41, 5.74) is 2.40. The second kappa shape index (κ2) is 4.22. The van der Waals surface area contributed by atoms with Gasteiger partial charge in [-0.2, -0.15) is 5.26 Å². The molecule has 0 aliphatic rings. The lowest BCUT2D eigenvalue weighted by Crippen LogP contribution is -2.00. The zero-order valence-corrected chi connectivity index (χ0v) is 9.77. The van der Waals surface area contributed by atoms with E-state index in [0.717, 1.165) is 5.56 Å². The summed E-state index contributed by atoms with van der Waals surface area (Å²) in [6.45, 7) is 3.60. The van der Waals surface area contributed by atoms with Gasteiger partial charge in [0.25, 0.3) is 0 Å². The van der Waals surface area contributed by atoms with Crippen molar-refractivity contribution in [3.8, 4) is 17.3 Å². The first-order chi connectivity index (χ1) is 8.17. The third-order valence-corrected chi connectivity index (χ3v) is 2.40. The molecule has 0 spiro atoms. The largest absolute Gasteiger partial charge is 0.361 e. The van der Waals surface area contributed by atoms with E-state index in [0.29, 0.717) is 28.7 Å². The number of nitrogens with zero attached hydrogens (tertiary/aromatic N) is 4. The Hall–Kier alpha value is -2.42. The van der Waals surface area contributed by atoms with Gasteiger partial charge in [-0.05, 0) is 13.8 Å². The summed E-state index contributed by atoms with van der Waals surface area (Å²) in [5, 5.41) is 15.8. The molecule has 0 amide bonds. The molecule has 1 N–H and O–H groups in total. The van der Waals surface area contributed by atoms with Crippen LogP contribution in [0, 0.1) is 25.2 Å². The minimum Gasteiger partial charge on any atom is -0.361 e. The third kappa shape index (κ3) is 1.83. The first-order valence-corrected chi connectivity index (χ1v) is 5.05. The first kappa shape index (κ1) is 11.1. The summed E-state index contributed by atoms with van der Waals surface area (Å²) in [6.07, 6.45) is 1.49. The van der Waals surface area contributed by atoms with Crippen molar-refractivity contribution < 1.29 is 4.52 Å². The Kier molecular flexibility index (Phi) is 2.75. The highest BCUT2D eigenvalue weighted by Gasteiger charge is 2.17. The predicted molar refractivity (Wildman–Crippen MR) is 61.3 cm³/mol. The smallest absolute Gasteiger partial charge is 0.223 e. The SMILES string of the molecule is CNc1ncc(C#N)c(-c2c(C)noc2C)n1. The predicted octanol–water partition coefficient (Wildman–Crippen LogP) is 1.66. The lowest BCUT2D eigenvalue weighted by atomic mass is 10.1. The van der Waals surface area contributed by atoms with Crippen LogP contribution in [-0.4, -0.2) is 22.2 Å². The highest BCUT2D eigenvalue weighted by atomic mass is 16.5. The van der Waals surface area contributed by atoms with E-state index >= 15 is 0 Å². The molecule has 2 heterocycles. The van der Waals surface area contributed by atoms with Crippen LogP contribution in [0.15, 0.2) is 10.7 Å².